The number of nitrogens with one attached hydrogen (secondary N) is 1. The Hall–Kier alpha value is -1.71. The predicted molar refractivity (Wildman–Crippen MR) is 80.7 cm³/mol. The molecule has 1 atom stereocenters. The van der Waals surface area contributed by atoms with Crippen LogP contribution in [-0.4, -0.2) is 64.3 Å². The maximum Gasteiger partial charge on any atom is 0.211 e. The van der Waals surface area contributed by atoms with Gasteiger partial charge in [0, 0.05) is 31.2 Å². The molecule has 2 aromatic rings. The number of H-pyrrole nitrogens is 1. The molecule has 3 rings (SSSR count). The summed E-state index contributed by atoms with van der Waals surface area (Å²) in [7, 11) is -3.19. The average Bonchev–Trinajstić information content (AvgIpc) is 3.07. The van der Waals surface area contributed by atoms with Gasteiger partial charge in [0.05, 0.1) is 31.8 Å². The Morgan fingerprint density at radius 3 is 2.95 bits per heavy atom. The monoisotopic (exact) mass is 325 g/mol. The molecule has 0 amide bonds. The van der Waals surface area contributed by atoms with E-state index in [0.29, 0.717) is 26.2 Å². The van der Waals surface area contributed by atoms with Gasteiger partial charge in [-0.05, 0) is 6.92 Å². The van der Waals surface area contributed by atoms with Crippen LogP contribution in [0.4, 0.5) is 0 Å². The molecular weight excluding hydrogens is 306 g/mol. The Bertz CT molecular complexity index is 751. The molecule has 9 heteroatoms. The van der Waals surface area contributed by atoms with E-state index in [-0.39, 0.29) is 6.10 Å². The van der Waals surface area contributed by atoms with Crippen molar-refractivity contribution in [2.45, 2.75) is 19.6 Å². The van der Waals surface area contributed by atoms with Gasteiger partial charge < -0.3 is 14.3 Å². The smallest absolute Gasteiger partial charge is 0.211 e. The van der Waals surface area contributed by atoms with Crippen molar-refractivity contribution in [2.75, 3.05) is 26.0 Å². The van der Waals surface area contributed by atoms with E-state index < -0.39 is 10.0 Å². The summed E-state index contributed by atoms with van der Waals surface area (Å²) < 4.78 is 32.4. The second-order valence-electron chi connectivity index (χ2n) is 5.39. The first kappa shape index (κ1) is 15.2. The van der Waals surface area contributed by atoms with Crippen molar-refractivity contribution in [1.82, 2.24) is 23.8 Å². The number of aromatic nitrogens is 4. The summed E-state index contributed by atoms with van der Waals surface area (Å²) in [5.41, 5.74) is 1.73. The van der Waals surface area contributed by atoms with Gasteiger partial charge in [-0.3, -0.25) is 0 Å². The molecule has 0 saturated carbocycles. The van der Waals surface area contributed by atoms with Crippen molar-refractivity contribution >= 4 is 10.0 Å². The van der Waals surface area contributed by atoms with Gasteiger partial charge in [0.2, 0.25) is 10.0 Å². The largest absolute Gasteiger partial charge is 0.374 e. The zero-order chi connectivity index (χ0) is 15.7. The SMILES string of the molecule is Cc1[nH]cnc1-c1nccn1CC1CN(S(C)(=O)=O)CCO1. The number of rotatable bonds is 4. The van der Waals surface area contributed by atoms with E-state index in [9.17, 15) is 8.42 Å². The number of hydrogen-bond acceptors (Lipinski definition) is 5. The van der Waals surface area contributed by atoms with Gasteiger partial charge in [-0.25, -0.2) is 18.4 Å². The molecule has 8 nitrogen and oxygen atoms in total. The van der Waals surface area contributed by atoms with Gasteiger partial charge in [-0.15, -0.1) is 0 Å². The maximum absolute atomic E-state index is 11.7. The van der Waals surface area contributed by atoms with Crippen LogP contribution in [0.1, 0.15) is 5.69 Å². The first-order chi connectivity index (χ1) is 10.4. The summed E-state index contributed by atoms with van der Waals surface area (Å²) in [6.07, 6.45) is 6.22. The Labute approximate surface area is 129 Å². The van der Waals surface area contributed by atoms with Gasteiger partial charge in [0.1, 0.15) is 5.69 Å². The minimum Gasteiger partial charge on any atom is -0.374 e. The van der Waals surface area contributed by atoms with Crippen LogP contribution in [0.25, 0.3) is 11.5 Å². The Morgan fingerprint density at radius 1 is 1.45 bits per heavy atom. The zero-order valence-electron chi connectivity index (χ0n) is 12.6. The molecule has 0 bridgehead atoms. The Morgan fingerprint density at radius 2 is 2.27 bits per heavy atom. The molecule has 1 aliphatic heterocycles. The third-order valence-corrected chi connectivity index (χ3v) is 5.00. The number of sulfonamides is 1. The van der Waals surface area contributed by atoms with Crippen molar-refractivity contribution in [3.63, 3.8) is 0 Å². The highest BCUT2D eigenvalue weighted by atomic mass is 32.2. The summed E-state index contributed by atoms with van der Waals surface area (Å²) in [6, 6.07) is 0. The minimum atomic E-state index is -3.19. The lowest BCUT2D eigenvalue weighted by Crippen LogP contribution is -2.46. The normalized spacial score (nSPS) is 20.4. The number of ether oxygens (including phenoxy) is 1. The molecule has 1 fully saturated rings. The highest BCUT2D eigenvalue weighted by Crippen LogP contribution is 2.19. The van der Waals surface area contributed by atoms with Crippen LogP contribution in [0.5, 0.6) is 0 Å². The highest BCUT2D eigenvalue weighted by Gasteiger charge is 2.27. The van der Waals surface area contributed by atoms with Crippen molar-refractivity contribution in [1.29, 1.82) is 0 Å². The fourth-order valence-electron chi connectivity index (χ4n) is 2.58. The molecule has 3 heterocycles. The molecule has 0 spiro atoms. The Kier molecular flexibility index (Phi) is 4.02. The molecule has 22 heavy (non-hydrogen) atoms. The standard InChI is InChI=1S/C13H19N5O3S/c1-10-12(16-9-15-10)13-14-3-4-17(13)7-11-8-18(5-6-21-11)22(2,19)20/h3-4,9,11H,5-8H2,1-2H3,(H,15,16). The van der Waals surface area contributed by atoms with E-state index >= 15 is 0 Å². The van der Waals surface area contributed by atoms with Gasteiger partial charge in [0.15, 0.2) is 5.82 Å². The van der Waals surface area contributed by atoms with Crippen LogP contribution in [0.3, 0.4) is 0 Å². The average molecular weight is 325 g/mol. The quantitative estimate of drug-likeness (QED) is 0.869. The minimum absolute atomic E-state index is 0.198. The lowest BCUT2D eigenvalue weighted by Gasteiger charge is -2.31. The number of aryl methyl sites for hydroxylation is 1. The zero-order valence-corrected chi connectivity index (χ0v) is 13.4. The molecule has 120 valence electrons. The van der Waals surface area contributed by atoms with Gasteiger partial charge in [-0.2, -0.15) is 4.31 Å². The number of nitrogens with zero attached hydrogens (tertiary/aromatic N) is 4. The second-order valence-corrected chi connectivity index (χ2v) is 7.38. The van der Waals surface area contributed by atoms with E-state index in [1.807, 2.05) is 17.7 Å². The topological polar surface area (TPSA) is 93.1 Å². The number of hydrogen-bond donors (Lipinski definition) is 1. The summed E-state index contributed by atoms with van der Waals surface area (Å²) >= 11 is 0. The van der Waals surface area contributed by atoms with Crippen LogP contribution in [0.15, 0.2) is 18.7 Å². The molecule has 1 aliphatic rings. The lowest BCUT2D eigenvalue weighted by atomic mass is 10.3. The first-order valence-electron chi connectivity index (χ1n) is 7.03. The van der Waals surface area contributed by atoms with Crippen LogP contribution in [0.2, 0.25) is 0 Å². The van der Waals surface area contributed by atoms with Crippen LogP contribution in [0, 0.1) is 6.92 Å². The third-order valence-electron chi connectivity index (χ3n) is 3.73. The summed E-state index contributed by atoms with van der Waals surface area (Å²) in [5, 5.41) is 0. The van der Waals surface area contributed by atoms with Crippen LogP contribution < -0.4 is 0 Å². The molecule has 1 saturated heterocycles. The number of aromatic amines is 1. The molecule has 1 N–H and O–H groups in total. The maximum atomic E-state index is 11.7. The molecule has 0 aromatic carbocycles. The van der Waals surface area contributed by atoms with E-state index in [4.69, 9.17) is 4.74 Å². The first-order valence-corrected chi connectivity index (χ1v) is 8.88. The van der Waals surface area contributed by atoms with Gasteiger partial charge in [-0.1, -0.05) is 0 Å². The molecule has 1 unspecified atom stereocenters. The van der Waals surface area contributed by atoms with Gasteiger partial charge >= 0.3 is 0 Å². The van der Waals surface area contributed by atoms with Crippen molar-refractivity contribution in [3.05, 3.63) is 24.4 Å². The fraction of sp³-hybridized carbons (Fsp3) is 0.538. The number of imidazole rings is 2. The fourth-order valence-corrected chi connectivity index (χ4v) is 3.42. The van der Waals surface area contributed by atoms with Crippen LogP contribution in [-0.2, 0) is 21.3 Å². The molecular formula is C13H19N5O3S. The highest BCUT2D eigenvalue weighted by molar-refractivity contribution is 7.88. The van der Waals surface area contributed by atoms with Crippen LogP contribution >= 0.6 is 0 Å². The van der Waals surface area contributed by atoms with Crippen molar-refractivity contribution in [3.8, 4) is 11.5 Å². The second kappa shape index (κ2) is 5.82. The van der Waals surface area contributed by atoms with Crippen molar-refractivity contribution in [2.24, 2.45) is 0 Å². The van der Waals surface area contributed by atoms with E-state index in [1.54, 1.807) is 12.5 Å². The van der Waals surface area contributed by atoms with E-state index in [1.165, 1.54) is 10.6 Å². The van der Waals surface area contributed by atoms with E-state index in [0.717, 1.165) is 17.2 Å². The van der Waals surface area contributed by atoms with Gasteiger partial charge in [0.25, 0.3) is 0 Å². The summed E-state index contributed by atoms with van der Waals surface area (Å²) in [6.45, 7) is 3.64. The summed E-state index contributed by atoms with van der Waals surface area (Å²) in [5.74, 6) is 0.749. The van der Waals surface area contributed by atoms with Crippen molar-refractivity contribution < 1.29 is 13.2 Å². The predicted octanol–water partition coefficient (Wildman–Crippen LogP) is 0.242. The Balaban J connectivity index is 1.77. The molecule has 0 radical (unpaired) electrons. The third kappa shape index (κ3) is 3.06. The number of morpholine rings is 1. The molecule has 0 aliphatic carbocycles. The molecule has 2 aromatic heterocycles. The van der Waals surface area contributed by atoms with E-state index in [2.05, 4.69) is 15.0 Å². The lowest BCUT2D eigenvalue weighted by molar-refractivity contribution is -0.00979. The summed E-state index contributed by atoms with van der Waals surface area (Å²) in [4.78, 5) is 11.7.